The van der Waals surface area contributed by atoms with E-state index in [-0.39, 0.29) is 5.56 Å². The lowest BCUT2D eigenvalue weighted by molar-refractivity contribution is 0.0697. The molecule has 2 unspecified atom stereocenters. The molecule has 0 spiro atoms. The molecule has 0 saturated carbocycles. The van der Waals surface area contributed by atoms with E-state index in [4.69, 9.17) is 5.11 Å². The topological polar surface area (TPSA) is 67.6 Å². The highest BCUT2D eigenvalue weighted by Gasteiger charge is 2.32. The molecule has 1 saturated heterocycles. The third kappa shape index (κ3) is 2.61. The molecule has 0 bridgehead atoms. The molecular weight excluding hydrogens is 254 g/mol. The maximum absolute atomic E-state index is 11.0. The molecule has 5 heteroatoms. The maximum Gasteiger partial charge on any atom is 0.335 e. The van der Waals surface area contributed by atoms with Crippen LogP contribution in [0.15, 0.2) is 18.2 Å². The van der Waals surface area contributed by atoms with Crippen LogP contribution in [-0.4, -0.2) is 49.2 Å². The van der Waals surface area contributed by atoms with Gasteiger partial charge < -0.3 is 14.9 Å². The predicted molar refractivity (Wildman–Crippen MR) is 77.0 cm³/mol. The smallest absolute Gasteiger partial charge is 0.335 e. The molecule has 2 atom stereocenters. The Morgan fingerprint density at radius 3 is 2.65 bits per heavy atom. The molecule has 1 N–H and O–H groups in total. The number of hydrogen-bond donors (Lipinski definition) is 1. The fourth-order valence-electron chi connectivity index (χ4n) is 2.85. The Morgan fingerprint density at radius 1 is 1.45 bits per heavy atom. The van der Waals surface area contributed by atoms with Gasteiger partial charge in [0.2, 0.25) is 0 Å². The number of nitriles is 1. The van der Waals surface area contributed by atoms with E-state index in [0.29, 0.717) is 17.5 Å². The average molecular weight is 273 g/mol. The van der Waals surface area contributed by atoms with Crippen LogP contribution in [0.25, 0.3) is 0 Å². The van der Waals surface area contributed by atoms with Gasteiger partial charge in [0.15, 0.2) is 0 Å². The molecule has 0 aliphatic carbocycles. The van der Waals surface area contributed by atoms with E-state index < -0.39 is 5.97 Å². The summed E-state index contributed by atoms with van der Waals surface area (Å²) >= 11 is 0. The standard InChI is InChI=1S/C15H19N3O2/c1-10-8-18(9-14(10)17(2)3)13-5-4-11(15(19)20)6-12(13)7-16/h4-6,10,14H,8-9H2,1-3H3,(H,19,20). The third-order valence-corrected chi connectivity index (χ3v) is 3.94. The minimum absolute atomic E-state index is 0.154. The fourth-order valence-corrected chi connectivity index (χ4v) is 2.85. The van der Waals surface area contributed by atoms with Crippen molar-refractivity contribution in [2.45, 2.75) is 13.0 Å². The van der Waals surface area contributed by atoms with E-state index in [9.17, 15) is 10.1 Å². The Bertz CT molecular complexity index is 563. The van der Waals surface area contributed by atoms with Crippen LogP contribution in [0.2, 0.25) is 0 Å². The van der Waals surface area contributed by atoms with Gasteiger partial charge >= 0.3 is 5.97 Å². The Labute approximate surface area is 119 Å². The molecule has 106 valence electrons. The van der Waals surface area contributed by atoms with Gasteiger partial charge in [-0.1, -0.05) is 6.92 Å². The van der Waals surface area contributed by atoms with Crippen molar-refractivity contribution in [3.63, 3.8) is 0 Å². The van der Waals surface area contributed by atoms with Crippen molar-refractivity contribution in [3.8, 4) is 6.07 Å². The van der Waals surface area contributed by atoms with Gasteiger partial charge in [0, 0.05) is 19.1 Å². The summed E-state index contributed by atoms with van der Waals surface area (Å²) in [6.45, 7) is 3.93. The van der Waals surface area contributed by atoms with Crippen LogP contribution in [0.4, 0.5) is 5.69 Å². The number of rotatable bonds is 3. The van der Waals surface area contributed by atoms with Crippen molar-refractivity contribution in [1.82, 2.24) is 4.90 Å². The number of benzene rings is 1. The minimum Gasteiger partial charge on any atom is -0.478 e. The first-order valence-corrected chi connectivity index (χ1v) is 6.63. The van der Waals surface area contributed by atoms with Crippen LogP contribution in [0.1, 0.15) is 22.8 Å². The second kappa shape index (κ2) is 5.51. The molecule has 0 radical (unpaired) electrons. The van der Waals surface area contributed by atoms with Gasteiger partial charge in [0.25, 0.3) is 0 Å². The van der Waals surface area contributed by atoms with E-state index in [1.165, 1.54) is 6.07 Å². The second-order valence-electron chi connectivity index (χ2n) is 5.56. The van der Waals surface area contributed by atoms with Gasteiger partial charge in [-0.05, 0) is 38.2 Å². The number of nitrogens with zero attached hydrogens (tertiary/aromatic N) is 3. The monoisotopic (exact) mass is 273 g/mol. The second-order valence-corrected chi connectivity index (χ2v) is 5.56. The van der Waals surface area contributed by atoms with Crippen LogP contribution < -0.4 is 4.90 Å². The van der Waals surface area contributed by atoms with Gasteiger partial charge in [0.05, 0.1) is 16.8 Å². The lowest BCUT2D eigenvalue weighted by atomic mass is 10.1. The van der Waals surface area contributed by atoms with Gasteiger partial charge in [-0.3, -0.25) is 0 Å². The quantitative estimate of drug-likeness (QED) is 0.907. The normalized spacial score (nSPS) is 22.1. The summed E-state index contributed by atoms with van der Waals surface area (Å²) in [6, 6.07) is 7.31. The minimum atomic E-state index is -1.01. The molecule has 1 fully saturated rings. The van der Waals surface area contributed by atoms with Gasteiger partial charge in [-0.25, -0.2) is 4.79 Å². The first kappa shape index (κ1) is 14.4. The summed E-state index contributed by atoms with van der Waals surface area (Å²) < 4.78 is 0. The number of likely N-dealkylation sites (N-methyl/N-ethyl adjacent to an activating group) is 1. The molecule has 0 amide bonds. The first-order chi connectivity index (χ1) is 9.43. The Morgan fingerprint density at radius 2 is 2.15 bits per heavy atom. The Balaban J connectivity index is 2.31. The molecule has 1 heterocycles. The molecule has 5 nitrogen and oxygen atoms in total. The summed E-state index contributed by atoms with van der Waals surface area (Å²) in [7, 11) is 4.12. The Hall–Kier alpha value is -2.06. The molecule has 1 aromatic rings. The van der Waals surface area contributed by atoms with Gasteiger partial charge in [-0.2, -0.15) is 5.26 Å². The van der Waals surface area contributed by atoms with Crippen molar-refractivity contribution in [1.29, 1.82) is 5.26 Å². The SMILES string of the molecule is CC1CN(c2ccc(C(=O)O)cc2C#N)CC1N(C)C. The van der Waals surface area contributed by atoms with E-state index >= 15 is 0 Å². The van der Waals surface area contributed by atoms with Crippen molar-refractivity contribution in [2.75, 3.05) is 32.1 Å². The lowest BCUT2D eigenvalue weighted by Crippen LogP contribution is -2.34. The maximum atomic E-state index is 11.0. The highest BCUT2D eigenvalue weighted by Crippen LogP contribution is 2.29. The first-order valence-electron chi connectivity index (χ1n) is 6.63. The van der Waals surface area contributed by atoms with E-state index in [0.717, 1.165) is 18.8 Å². The van der Waals surface area contributed by atoms with Crippen LogP contribution in [-0.2, 0) is 0 Å². The molecule has 1 aromatic carbocycles. The summed E-state index contributed by atoms with van der Waals surface area (Å²) in [5.41, 5.74) is 1.41. The fraction of sp³-hybridized carbons (Fsp3) is 0.467. The number of carboxylic acids is 1. The summed E-state index contributed by atoms with van der Waals surface area (Å²) in [5.74, 6) is -0.496. The largest absolute Gasteiger partial charge is 0.478 e. The number of anilines is 1. The highest BCUT2D eigenvalue weighted by molar-refractivity contribution is 5.89. The molecule has 0 aromatic heterocycles. The van der Waals surface area contributed by atoms with Crippen LogP contribution in [0, 0.1) is 17.2 Å². The number of carbonyl (C=O) groups is 1. The highest BCUT2D eigenvalue weighted by atomic mass is 16.4. The third-order valence-electron chi connectivity index (χ3n) is 3.94. The lowest BCUT2D eigenvalue weighted by Gasteiger charge is -2.23. The van der Waals surface area contributed by atoms with Gasteiger partial charge in [-0.15, -0.1) is 0 Å². The van der Waals surface area contributed by atoms with Gasteiger partial charge in [0.1, 0.15) is 6.07 Å². The molecule has 1 aliphatic rings. The van der Waals surface area contributed by atoms with Crippen LogP contribution in [0.5, 0.6) is 0 Å². The number of hydrogen-bond acceptors (Lipinski definition) is 4. The van der Waals surface area contributed by atoms with Crippen molar-refractivity contribution >= 4 is 11.7 Å². The van der Waals surface area contributed by atoms with E-state index in [1.807, 2.05) is 0 Å². The zero-order chi connectivity index (χ0) is 14.9. The average Bonchev–Trinajstić information content (AvgIpc) is 2.80. The zero-order valence-corrected chi connectivity index (χ0v) is 12.0. The summed E-state index contributed by atoms with van der Waals surface area (Å²) in [4.78, 5) is 15.3. The van der Waals surface area contributed by atoms with Crippen molar-refractivity contribution in [2.24, 2.45) is 5.92 Å². The summed E-state index contributed by atoms with van der Waals surface area (Å²) in [6.07, 6.45) is 0. The van der Waals surface area contributed by atoms with Crippen LogP contribution in [0.3, 0.4) is 0 Å². The molecule has 1 aliphatic heterocycles. The molecule has 2 rings (SSSR count). The van der Waals surface area contributed by atoms with Crippen molar-refractivity contribution < 1.29 is 9.90 Å². The summed E-state index contributed by atoms with van der Waals surface area (Å²) in [5, 5.41) is 18.2. The van der Waals surface area contributed by atoms with E-state index in [2.05, 4.69) is 36.9 Å². The predicted octanol–water partition coefficient (Wildman–Crippen LogP) is 1.64. The number of aromatic carboxylic acids is 1. The number of carboxylic acid groups (broad SMARTS) is 1. The Kier molecular flexibility index (Phi) is 3.96. The van der Waals surface area contributed by atoms with Crippen molar-refractivity contribution in [3.05, 3.63) is 29.3 Å². The van der Waals surface area contributed by atoms with E-state index in [1.54, 1.807) is 12.1 Å². The van der Waals surface area contributed by atoms with Crippen LogP contribution >= 0.6 is 0 Å². The molecular formula is C15H19N3O2. The molecule has 20 heavy (non-hydrogen) atoms. The zero-order valence-electron chi connectivity index (χ0n) is 12.0.